The van der Waals surface area contributed by atoms with E-state index >= 15 is 0 Å². The molecule has 0 aromatic heterocycles. The second-order valence-corrected chi connectivity index (χ2v) is 4.26. The van der Waals surface area contributed by atoms with Crippen molar-refractivity contribution in [3.05, 3.63) is 29.3 Å². The Bertz CT molecular complexity index is 344. The van der Waals surface area contributed by atoms with Crippen LogP contribution in [0.25, 0.3) is 0 Å². The van der Waals surface area contributed by atoms with Gasteiger partial charge < -0.3 is 9.69 Å². The van der Waals surface area contributed by atoms with Crippen LogP contribution in [-0.4, -0.2) is 20.4 Å². The number of hydrogen-bond acceptors (Lipinski definition) is 2. The first kappa shape index (κ1) is 11.8. The molecule has 0 amide bonds. The molecule has 0 saturated heterocycles. The Kier molecular flexibility index (Phi) is 3.89. The highest BCUT2D eigenvalue weighted by atomic mass is 16.1. The van der Waals surface area contributed by atoms with Crippen molar-refractivity contribution in [3.63, 3.8) is 0 Å². The molecule has 0 aliphatic carbocycles. The molecule has 0 spiro atoms. The van der Waals surface area contributed by atoms with Crippen LogP contribution in [0, 0.1) is 6.92 Å². The van der Waals surface area contributed by atoms with Crippen molar-refractivity contribution >= 4 is 12.0 Å². The van der Waals surface area contributed by atoms with E-state index in [1.54, 1.807) is 0 Å². The fourth-order valence-corrected chi connectivity index (χ4v) is 1.75. The molecule has 0 saturated carbocycles. The normalized spacial score (nSPS) is 12.3. The molecule has 1 atom stereocenters. The van der Waals surface area contributed by atoms with E-state index < -0.39 is 0 Å². The molecular weight excluding hydrogens is 186 g/mol. The molecular formula is C13H19NO. The van der Waals surface area contributed by atoms with Gasteiger partial charge in [-0.1, -0.05) is 24.6 Å². The summed E-state index contributed by atoms with van der Waals surface area (Å²) in [5.41, 5.74) is 3.70. The van der Waals surface area contributed by atoms with Crippen LogP contribution in [0.5, 0.6) is 0 Å². The molecule has 2 nitrogen and oxygen atoms in total. The maximum atomic E-state index is 10.5. The van der Waals surface area contributed by atoms with Crippen molar-refractivity contribution in [3.8, 4) is 0 Å². The summed E-state index contributed by atoms with van der Waals surface area (Å²) in [6.45, 7) is 4.17. The first-order valence-electron chi connectivity index (χ1n) is 5.27. The monoisotopic (exact) mass is 205 g/mol. The van der Waals surface area contributed by atoms with Crippen LogP contribution >= 0.6 is 0 Å². The predicted octanol–water partition coefficient (Wildman–Crippen LogP) is 2.75. The molecule has 2 heteroatoms. The SMILES string of the molecule is Cc1ccc(N(C)C)c(C(C)CC=O)c1. The quantitative estimate of drug-likeness (QED) is 0.704. The summed E-state index contributed by atoms with van der Waals surface area (Å²) in [7, 11) is 4.06. The van der Waals surface area contributed by atoms with Gasteiger partial charge in [0.2, 0.25) is 0 Å². The van der Waals surface area contributed by atoms with Crippen LogP contribution in [0.15, 0.2) is 18.2 Å². The van der Waals surface area contributed by atoms with Gasteiger partial charge in [-0.05, 0) is 24.5 Å². The molecule has 82 valence electrons. The van der Waals surface area contributed by atoms with E-state index in [4.69, 9.17) is 0 Å². The van der Waals surface area contributed by atoms with Crippen molar-refractivity contribution in [1.82, 2.24) is 0 Å². The summed E-state index contributed by atoms with van der Waals surface area (Å²) >= 11 is 0. The number of aldehydes is 1. The van der Waals surface area contributed by atoms with E-state index in [1.165, 1.54) is 16.8 Å². The van der Waals surface area contributed by atoms with E-state index in [-0.39, 0.29) is 0 Å². The third kappa shape index (κ3) is 2.82. The van der Waals surface area contributed by atoms with Gasteiger partial charge in [0.25, 0.3) is 0 Å². The van der Waals surface area contributed by atoms with Crippen molar-refractivity contribution in [2.45, 2.75) is 26.2 Å². The summed E-state index contributed by atoms with van der Waals surface area (Å²) in [6, 6.07) is 6.39. The molecule has 1 aromatic rings. The van der Waals surface area contributed by atoms with Gasteiger partial charge in [-0.15, -0.1) is 0 Å². The van der Waals surface area contributed by atoms with Crippen LogP contribution < -0.4 is 4.90 Å². The van der Waals surface area contributed by atoms with Crippen molar-refractivity contribution in [1.29, 1.82) is 0 Å². The Balaban J connectivity index is 3.11. The lowest BCUT2D eigenvalue weighted by Gasteiger charge is -2.21. The first-order valence-corrected chi connectivity index (χ1v) is 5.27. The Morgan fingerprint density at radius 2 is 2.07 bits per heavy atom. The maximum absolute atomic E-state index is 10.5. The largest absolute Gasteiger partial charge is 0.377 e. The molecule has 0 fully saturated rings. The predicted molar refractivity (Wildman–Crippen MR) is 64.6 cm³/mol. The molecule has 0 N–H and O–H groups in total. The summed E-state index contributed by atoms with van der Waals surface area (Å²) in [4.78, 5) is 12.6. The first-order chi connectivity index (χ1) is 7.06. The third-order valence-electron chi connectivity index (χ3n) is 2.65. The number of anilines is 1. The number of nitrogens with zero attached hydrogens (tertiary/aromatic N) is 1. The summed E-state index contributed by atoms with van der Waals surface area (Å²) in [5, 5.41) is 0. The molecule has 0 heterocycles. The highest BCUT2D eigenvalue weighted by Gasteiger charge is 2.11. The van der Waals surface area contributed by atoms with Crippen LogP contribution in [-0.2, 0) is 4.79 Å². The Labute approximate surface area is 91.9 Å². The molecule has 1 aromatic carbocycles. The zero-order chi connectivity index (χ0) is 11.4. The molecule has 0 bridgehead atoms. The van der Waals surface area contributed by atoms with Gasteiger partial charge >= 0.3 is 0 Å². The van der Waals surface area contributed by atoms with Crippen molar-refractivity contribution in [2.75, 3.05) is 19.0 Å². The maximum Gasteiger partial charge on any atom is 0.120 e. The van der Waals surface area contributed by atoms with Crippen LogP contribution in [0.3, 0.4) is 0 Å². The summed E-state index contributed by atoms with van der Waals surface area (Å²) in [6.07, 6.45) is 1.58. The van der Waals surface area contributed by atoms with Crippen LogP contribution in [0.4, 0.5) is 5.69 Å². The lowest BCUT2D eigenvalue weighted by atomic mass is 9.94. The van der Waals surface area contributed by atoms with Gasteiger partial charge in [0, 0.05) is 26.2 Å². The highest BCUT2D eigenvalue weighted by Crippen LogP contribution is 2.28. The average molecular weight is 205 g/mol. The molecule has 1 rings (SSSR count). The van der Waals surface area contributed by atoms with Gasteiger partial charge in [-0.2, -0.15) is 0 Å². The standard InChI is InChI=1S/C13H19NO/c1-10-5-6-13(14(3)4)12(9-10)11(2)7-8-15/h5-6,8-9,11H,7H2,1-4H3. The second kappa shape index (κ2) is 4.96. The highest BCUT2D eigenvalue weighted by molar-refractivity contribution is 5.59. The van der Waals surface area contributed by atoms with Crippen LogP contribution in [0.1, 0.15) is 30.4 Å². The third-order valence-corrected chi connectivity index (χ3v) is 2.65. The zero-order valence-corrected chi connectivity index (χ0v) is 9.95. The van der Waals surface area contributed by atoms with Gasteiger partial charge in [-0.25, -0.2) is 0 Å². The lowest BCUT2D eigenvalue weighted by Crippen LogP contribution is -2.12. The van der Waals surface area contributed by atoms with Crippen molar-refractivity contribution < 1.29 is 4.79 Å². The number of benzene rings is 1. The number of carbonyl (C=O) groups is 1. The fourth-order valence-electron chi connectivity index (χ4n) is 1.75. The smallest absolute Gasteiger partial charge is 0.120 e. The topological polar surface area (TPSA) is 20.3 Å². The van der Waals surface area contributed by atoms with Gasteiger partial charge in [0.1, 0.15) is 6.29 Å². The lowest BCUT2D eigenvalue weighted by molar-refractivity contribution is -0.108. The van der Waals surface area contributed by atoms with Gasteiger partial charge in [0.05, 0.1) is 0 Å². The Morgan fingerprint density at radius 1 is 1.40 bits per heavy atom. The summed E-state index contributed by atoms with van der Waals surface area (Å²) in [5.74, 6) is 0.291. The minimum atomic E-state index is 0.291. The second-order valence-electron chi connectivity index (χ2n) is 4.26. The summed E-state index contributed by atoms with van der Waals surface area (Å²) < 4.78 is 0. The molecule has 0 aliphatic rings. The molecule has 15 heavy (non-hydrogen) atoms. The van der Waals surface area contributed by atoms with E-state index in [0.29, 0.717) is 12.3 Å². The molecule has 0 radical (unpaired) electrons. The number of rotatable bonds is 4. The average Bonchev–Trinajstić information content (AvgIpc) is 2.17. The van der Waals surface area contributed by atoms with Gasteiger partial charge in [0.15, 0.2) is 0 Å². The van der Waals surface area contributed by atoms with Crippen LogP contribution in [0.2, 0.25) is 0 Å². The van der Waals surface area contributed by atoms with E-state index in [0.717, 1.165) is 6.29 Å². The van der Waals surface area contributed by atoms with Crippen molar-refractivity contribution in [2.24, 2.45) is 0 Å². The zero-order valence-electron chi connectivity index (χ0n) is 9.95. The number of aryl methyl sites for hydroxylation is 1. The van der Waals surface area contributed by atoms with Gasteiger partial charge in [-0.3, -0.25) is 0 Å². The molecule has 1 unspecified atom stereocenters. The number of carbonyl (C=O) groups excluding carboxylic acids is 1. The minimum absolute atomic E-state index is 0.291. The fraction of sp³-hybridized carbons (Fsp3) is 0.462. The van der Waals surface area contributed by atoms with E-state index in [1.807, 2.05) is 14.1 Å². The minimum Gasteiger partial charge on any atom is -0.377 e. The Morgan fingerprint density at radius 3 is 2.60 bits per heavy atom. The van der Waals surface area contributed by atoms with E-state index in [9.17, 15) is 4.79 Å². The number of hydrogen-bond donors (Lipinski definition) is 0. The molecule has 0 aliphatic heterocycles. The Hall–Kier alpha value is -1.31. The van der Waals surface area contributed by atoms with E-state index in [2.05, 4.69) is 36.9 Å².